The summed E-state index contributed by atoms with van der Waals surface area (Å²) in [6.07, 6.45) is 4.63. The number of nitrogens with zero attached hydrogens (tertiary/aromatic N) is 4. The van der Waals surface area contributed by atoms with Gasteiger partial charge in [-0.05, 0) is 30.7 Å². The molecule has 0 saturated heterocycles. The summed E-state index contributed by atoms with van der Waals surface area (Å²) in [5.41, 5.74) is 2.11. The number of nitrogens with one attached hydrogen (secondary N) is 2. The Morgan fingerprint density at radius 1 is 1.10 bits per heavy atom. The van der Waals surface area contributed by atoms with E-state index in [9.17, 15) is 9.59 Å². The molecule has 1 aliphatic rings. The zero-order valence-corrected chi connectivity index (χ0v) is 17.5. The monoisotopic (exact) mass is 456 g/mol. The van der Waals surface area contributed by atoms with Gasteiger partial charge in [-0.3, -0.25) is 9.78 Å². The van der Waals surface area contributed by atoms with Crippen LogP contribution in [0, 0.1) is 6.92 Å². The number of aryl methyl sites for hydroxylation is 1. The first-order valence-electron chi connectivity index (χ1n) is 8.84. The van der Waals surface area contributed by atoms with Crippen molar-refractivity contribution in [2.24, 2.45) is 5.10 Å². The largest absolute Gasteiger partial charge is 0.434 e. The van der Waals surface area contributed by atoms with Crippen molar-refractivity contribution in [2.75, 3.05) is 5.01 Å². The van der Waals surface area contributed by atoms with E-state index in [1.807, 2.05) is 13.0 Å². The van der Waals surface area contributed by atoms with Crippen molar-refractivity contribution in [1.29, 1.82) is 0 Å². The zero-order chi connectivity index (χ0) is 22.1. The lowest BCUT2D eigenvalue weighted by Crippen LogP contribution is -2.40. The molecule has 156 valence electrons. The van der Waals surface area contributed by atoms with E-state index in [1.165, 1.54) is 24.4 Å². The first-order valence-corrected chi connectivity index (χ1v) is 9.60. The molecule has 3 heterocycles. The fourth-order valence-corrected chi connectivity index (χ4v) is 3.37. The van der Waals surface area contributed by atoms with E-state index in [-0.39, 0.29) is 21.7 Å². The summed E-state index contributed by atoms with van der Waals surface area (Å²) in [4.78, 5) is 28.4. The van der Waals surface area contributed by atoms with Gasteiger partial charge in [0.2, 0.25) is 5.88 Å². The molecule has 0 saturated carbocycles. The Morgan fingerprint density at radius 3 is 2.52 bits per heavy atom. The second kappa shape index (κ2) is 8.21. The molecular weight excluding hydrogens is 443 g/mol. The second-order valence-corrected chi connectivity index (χ2v) is 7.37. The Kier molecular flexibility index (Phi) is 5.45. The summed E-state index contributed by atoms with van der Waals surface area (Å²) in [7, 11) is 0. The highest BCUT2D eigenvalue weighted by Crippen LogP contribution is 2.40. The minimum atomic E-state index is -0.507. The third-order valence-corrected chi connectivity index (χ3v) is 4.75. The van der Waals surface area contributed by atoms with E-state index in [2.05, 4.69) is 32.2 Å². The Balaban J connectivity index is 1.67. The number of hydrogen-bond donors (Lipinski definition) is 2. The lowest BCUT2D eigenvalue weighted by Gasteiger charge is -2.22. The average Bonchev–Trinajstić information content (AvgIpc) is 2.71. The third-order valence-electron chi connectivity index (χ3n) is 4.19. The number of carbonyl (C=O) groups is 1. The predicted molar refractivity (Wildman–Crippen MR) is 118 cm³/mol. The number of urea groups is 1. The number of rotatable bonds is 4. The number of ether oxygens (including phenoxy) is 1. The van der Waals surface area contributed by atoms with E-state index in [1.54, 1.807) is 12.4 Å². The maximum absolute atomic E-state index is 12.2. The van der Waals surface area contributed by atoms with Crippen LogP contribution in [0.2, 0.25) is 10.0 Å². The van der Waals surface area contributed by atoms with Crippen LogP contribution in [0.15, 0.2) is 58.8 Å². The van der Waals surface area contributed by atoms with Crippen molar-refractivity contribution in [3.05, 3.63) is 74.9 Å². The molecule has 31 heavy (non-hydrogen) atoms. The number of anilines is 1. The fourth-order valence-electron chi connectivity index (χ4n) is 2.81. The van der Waals surface area contributed by atoms with Gasteiger partial charge in [-0.2, -0.15) is 10.1 Å². The van der Waals surface area contributed by atoms with E-state index in [0.717, 1.165) is 10.6 Å². The van der Waals surface area contributed by atoms with E-state index >= 15 is 0 Å². The highest BCUT2D eigenvalue weighted by Gasteiger charge is 2.22. The van der Waals surface area contributed by atoms with Gasteiger partial charge in [0.1, 0.15) is 0 Å². The Bertz CT molecular complexity index is 1280. The third kappa shape index (κ3) is 4.27. The highest BCUT2D eigenvalue weighted by atomic mass is 35.5. The number of amides is 2. The molecule has 0 unspecified atom stereocenters. The summed E-state index contributed by atoms with van der Waals surface area (Å²) in [5.74, 6) is 0.170. The number of hydrogen-bond acceptors (Lipinski definition) is 6. The standard InChI is InChI=1S/C20H14Cl2N6O3/c1-10-3-12(9-23-7-10)14-6-17(26-27-19(14)29)31-18-15(21)4-13(5-16(18)22)28-20(30)25-11(2)8-24-28/h3-9H,2H2,1H3,(H,25,30)(H,27,29). The van der Waals surface area contributed by atoms with Crippen LogP contribution < -0.4 is 20.6 Å². The highest BCUT2D eigenvalue weighted by molar-refractivity contribution is 6.37. The van der Waals surface area contributed by atoms with E-state index < -0.39 is 11.6 Å². The van der Waals surface area contributed by atoms with Crippen LogP contribution in [-0.2, 0) is 0 Å². The summed E-state index contributed by atoms with van der Waals surface area (Å²) >= 11 is 12.7. The molecule has 0 aliphatic carbocycles. The van der Waals surface area contributed by atoms with E-state index in [0.29, 0.717) is 22.5 Å². The molecule has 2 N–H and O–H groups in total. The SMILES string of the molecule is C=C1C=NN(c2cc(Cl)c(Oc3cc(-c4cncc(C)c4)c(=O)[nH]n3)c(Cl)c2)C(=O)N1. The Hall–Kier alpha value is -3.69. The van der Waals surface area contributed by atoms with Crippen LogP contribution in [0.1, 0.15) is 5.56 Å². The average molecular weight is 457 g/mol. The maximum Gasteiger partial charge on any atom is 0.347 e. The number of H-pyrrole nitrogens is 1. The van der Waals surface area contributed by atoms with Crippen molar-refractivity contribution >= 4 is 41.1 Å². The Labute approximate surface area is 186 Å². The van der Waals surface area contributed by atoms with Gasteiger partial charge in [0.05, 0.1) is 33.2 Å². The molecule has 1 aliphatic heterocycles. The van der Waals surface area contributed by atoms with Gasteiger partial charge in [-0.15, -0.1) is 5.10 Å². The smallest absolute Gasteiger partial charge is 0.347 e. The quantitative estimate of drug-likeness (QED) is 0.608. The summed E-state index contributed by atoms with van der Waals surface area (Å²) < 4.78 is 5.74. The van der Waals surface area contributed by atoms with Gasteiger partial charge in [0, 0.05) is 24.0 Å². The Morgan fingerprint density at radius 2 is 1.84 bits per heavy atom. The topological polar surface area (TPSA) is 113 Å². The molecule has 4 rings (SSSR count). The van der Waals surface area contributed by atoms with Crippen molar-refractivity contribution in [3.8, 4) is 22.8 Å². The summed E-state index contributed by atoms with van der Waals surface area (Å²) in [5, 5.41) is 14.1. The molecular formula is C20H14Cl2N6O3. The van der Waals surface area contributed by atoms with Crippen LogP contribution in [0.3, 0.4) is 0 Å². The number of carbonyl (C=O) groups excluding carboxylic acids is 1. The number of hydrazone groups is 1. The molecule has 11 heteroatoms. The number of benzene rings is 1. The molecule has 0 bridgehead atoms. The van der Waals surface area contributed by atoms with E-state index in [4.69, 9.17) is 27.9 Å². The number of pyridine rings is 1. The molecule has 9 nitrogen and oxygen atoms in total. The molecule has 0 spiro atoms. The molecule has 0 fully saturated rings. The van der Waals surface area contributed by atoms with Crippen LogP contribution in [0.25, 0.3) is 11.1 Å². The second-order valence-electron chi connectivity index (χ2n) is 6.55. The van der Waals surface area contributed by atoms with Crippen LogP contribution in [-0.4, -0.2) is 27.4 Å². The number of allylic oxidation sites excluding steroid dienone is 1. The van der Waals surface area contributed by atoms with Crippen molar-refractivity contribution in [1.82, 2.24) is 20.5 Å². The van der Waals surface area contributed by atoms with Crippen molar-refractivity contribution < 1.29 is 9.53 Å². The first kappa shape index (κ1) is 20.6. The number of aromatic nitrogens is 3. The fraction of sp³-hybridized carbons (Fsp3) is 0.0500. The minimum Gasteiger partial charge on any atom is -0.434 e. The molecule has 1 aromatic carbocycles. The molecule has 3 aromatic rings. The summed E-state index contributed by atoms with van der Waals surface area (Å²) in [6.45, 7) is 5.48. The summed E-state index contributed by atoms with van der Waals surface area (Å²) in [6, 6.07) is 5.70. The lowest BCUT2D eigenvalue weighted by molar-refractivity contribution is 0.248. The molecule has 2 aromatic heterocycles. The van der Waals surface area contributed by atoms with Crippen LogP contribution >= 0.6 is 23.2 Å². The maximum atomic E-state index is 12.2. The van der Waals surface area contributed by atoms with Gasteiger partial charge in [0.25, 0.3) is 5.56 Å². The zero-order valence-electron chi connectivity index (χ0n) is 16.0. The first-order chi connectivity index (χ1) is 14.8. The van der Waals surface area contributed by atoms with Gasteiger partial charge in [0.15, 0.2) is 5.75 Å². The molecule has 0 radical (unpaired) electrons. The predicted octanol–water partition coefficient (Wildman–Crippen LogP) is 4.27. The van der Waals surface area contributed by atoms with Crippen molar-refractivity contribution in [2.45, 2.75) is 6.92 Å². The molecule has 2 amide bonds. The number of halogens is 2. The van der Waals surface area contributed by atoms with Gasteiger partial charge in [-0.1, -0.05) is 29.8 Å². The van der Waals surface area contributed by atoms with Gasteiger partial charge < -0.3 is 10.1 Å². The normalized spacial score (nSPS) is 13.3. The molecule has 0 atom stereocenters. The minimum absolute atomic E-state index is 0.0673. The van der Waals surface area contributed by atoms with Crippen molar-refractivity contribution in [3.63, 3.8) is 0 Å². The van der Waals surface area contributed by atoms with Gasteiger partial charge in [-0.25, -0.2) is 9.89 Å². The lowest BCUT2D eigenvalue weighted by atomic mass is 10.1. The van der Waals surface area contributed by atoms with Crippen LogP contribution in [0.5, 0.6) is 11.6 Å². The number of aromatic amines is 1. The van der Waals surface area contributed by atoms with Crippen LogP contribution in [0.4, 0.5) is 10.5 Å². The van der Waals surface area contributed by atoms with Gasteiger partial charge >= 0.3 is 6.03 Å².